The third-order valence-electron chi connectivity index (χ3n) is 6.98. The van der Waals surface area contributed by atoms with E-state index in [1.807, 2.05) is 26.8 Å². The van der Waals surface area contributed by atoms with Crippen LogP contribution >= 0.6 is 0 Å². The van der Waals surface area contributed by atoms with Gasteiger partial charge in [0.1, 0.15) is 0 Å². The van der Waals surface area contributed by atoms with Crippen molar-refractivity contribution in [2.75, 3.05) is 6.54 Å². The molecule has 152 valence electrons. The zero-order valence-electron chi connectivity index (χ0n) is 16.7. The summed E-state index contributed by atoms with van der Waals surface area (Å²) >= 11 is 0. The van der Waals surface area contributed by atoms with E-state index >= 15 is 0 Å². The number of aromatic hydroxyl groups is 1. The van der Waals surface area contributed by atoms with Crippen LogP contribution in [0.25, 0.3) is 10.9 Å². The minimum atomic E-state index is -0.591. The monoisotopic (exact) mass is 396 g/mol. The number of aromatic amines is 1. The summed E-state index contributed by atoms with van der Waals surface area (Å²) in [6.07, 6.45) is 1.27. The van der Waals surface area contributed by atoms with Crippen LogP contribution in [0.1, 0.15) is 40.0 Å². The second-order valence-electron chi connectivity index (χ2n) is 8.65. The number of carbonyl (C=O) groups excluding carboxylic acids is 3. The number of imide groups is 1. The van der Waals surface area contributed by atoms with Crippen LogP contribution in [0, 0.1) is 16.7 Å². The van der Waals surface area contributed by atoms with Gasteiger partial charge in [-0.05, 0) is 24.3 Å². The molecule has 2 aromatic rings. The number of hydrogen-bond acceptors (Lipinski definition) is 5. The number of benzene rings is 1. The molecular formula is C21H24N4O4. The normalized spacial score (nSPS) is 26.0. The lowest BCUT2D eigenvalue weighted by Gasteiger charge is -2.47. The number of nitrogens with one attached hydrogen (secondary N) is 1. The SMILES string of the molecule is CC1(C)[C@@H]2CC[C@]1(C)C(=O)N(CCC(=O)N=Nc1c(O)[nH]c3ccccc13)C2=O. The van der Waals surface area contributed by atoms with Gasteiger partial charge in [-0.2, -0.15) is 0 Å². The number of nitrogens with zero attached hydrogens (tertiary/aromatic N) is 3. The summed E-state index contributed by atoms with van der Waals surface area (Å²) < 4.78 is 0. The van der Waals surface area contributed by atoms with Crippen LogP contribution in [0.15, 0.2) is 34.5 Å². The molecule has 2 N–H and O–H groups in total. The molecule has 2 atom stereocenters. The molecule has 1 aromatic carbocycles. The van der Waals surface area contributed by atoms with Gasteiger partial charge >= 0.3 is 0 Å². The molecule has 2 fully saturated rings. The van der Waals surface area contributed by atoms with Crippen molar-refractivity contribution in [3.8, 4) is 5.88 Å². The van der Waals surface area contributed by atoms with Crippen molar-refractivity contribution < 1.29 is 19.5 Å². The number of H-pyrrole nitrogens is 1. The number of fused-ring (bicyclic) bond motifs is 3. The second kappa shape index (κ2) is 6.50. The summed E-state index contributed by atoms with van der Waals surface area (Å²) in [4.78, 5) is 42.0. The third-order valence-corrected chi connectivity index (χ3v) is 6.98. The Labute approximate surface area is 168 Å². The number of carbonyl (C=O) groups is 3. The molecule has 0 radical (unpaired) electrons. The van der Waals surface area contributed by atoms with E-state index in [1.54, 1.807) is 18.2 Å². The number of hydrogen-bond donors (Lipinski definition) is 2. The fourth-order valence-electron chi connectivity index (χ4n) is 4.69. The number of azo groups is 1. The summed E-state index contributed by atoms with van der Waals surface area (Å²) in [6, 6.07) is 7.14. The quantitative estimate of drug-likeness (QED) is 0.606. The summed E-state index contributed by atoms with van der Waals surface area (Å²) in [5.74, 6) is -1.34. The van der Waals surface area contributed by atoms with Crippen LogP contribution in [0.5, 0.6) is 5.88 Å². The molecule has 2 bridgehead atoms. The highest BCUT2D eigenvalue weighted by molar-refractivity contribution is 6.04. The van der Waals surface area contributed by atoms with Crippen LogP contribution in [0.4, 0.5) is 5.69 Å². The van der Waals surface area contributed by atoms with Gasteiger partial charge in [0.05, 0.1) is 10.9 Å². The Morgan fingerprint density at radius 2 is 2.00 bits per heavy atom. The highest BCUT2D eigenvalue weighted by Crippen LogP contribution is 2.60. The molecule has 3 amide bonds. The average molecular weight is 396 g/mol. The van der Waals surface area contributed by atoms with Crippen LogP contribution in [-0.4, -0.2) is 39.3 Å². The van der Waals surface area contributed by atoms with Crippen molar-refractivity contribution in [2.24, 2.45) is 27.0 Å². The zero-order chi connectivity index (χ0) is 21.0. The van der Waals surface area contributed by atoms with Crippen molar-refractivity contribution >= 4 is 34.3 Å². The third kappa shape index (κ3) is 2.77. The van der Waals surface area contributed by atoms with Crippen molar-refractivity contribution in [1.29, 1.82) is 0 Å². The summed E-state index contributed by atoms with van der Waals surface area (Å²) in [6.45, 7) is 5.86. The van der Waals surface area contributed by atoms with Crippen molar-refractivity contribution in [3.05, 3.63) is 24.3 Å². The largest absolute Gasteiger partial charge is 0.493 e. The predicted molar refractivity (Wildman–Crippen MR) is 105 cm³/mol. The fraction of sp³-hybridized carbons (Fsp3) is 0.476. The van der Waals surface area contributed by atoms with E-state index in [4.69, 9.17) is 0 Å². The Kier molecular flexibility index (Phi) is 4.33. The van der Waals surface area contributed by atoms with Crippen molar-refractivity contribution in [3.63, 3.8) is 0 Å². The van der Waals surface area contributed by atoms with Crippen LogP contribution in [0.2, 0.25) is 0 Å². The molecule has 0 spiro atoms. The average Bonchev–Trinajstić information content (AvgIpc) is 3.08. The first-order valence-electron chi connectivity index (χ1n) is 9.77. The molecule has 8 heteroatoms. The molecule has 1 saturated heterocycles. The molecule has 1 saturated carbocycles. The molecule has 1 aliphatic heterocycles. The van der Waals surface area contributed by atoms with Crippen LogP contribution in [-0.2, 0) is 14.4 Å². The van der Waals surface area contributed by atoms with Crippen LogP contribution < -0.4 is 0 Å². The van der Waals surface area contributed by atoms with Gasteiger partial charge in [-0.15, -0.1) is 10.2 Å². The molecule has 2 aliphatic rings. The van der Waals surface area contributed by atoms with Crippen molar-refractivity contribution in [2.45, 2.75) is 40.0 Å². The molecular weight excluding hydrogens is 372 g/mol. The van der Waals surface area contributed by atoms with E-state index in [1.165, 1.54) is 4.90 Å². The maximum absolute atomic E-state index is 13.0. The Morgan fingerprint density at radius 3 is 2.76 bits per heavy atom. The van der Waals surface area contributed by atoms with Gasteiger partial charge < -0.3 is 10.1 Å². The molecule has 2 heterocycles. The lowest BCUT2D eigenvalue weighted by Crippen LogP contribution is -2.59. The maximum Gasteiger partial charge on any atom is 0.266 e. The number of likely N-dealkylation sites (tertiary alicyclic amines) is 1. The zero-order valence-corrected chi connectivity index (χ0v) is 16.7. The molecule has 0 unspecified atom stereocenters. The highest BCUT2D eigenvalue weighted by Gasteiger charge is 2.64. The molecule has 1 aliphatic carbocycles. The van der Waals surface area contributed by atoms with Gasteiger partial charge in [-0.25, -0.2) is 0 Å². The molecule has 29 heavy (non-hydrogen) atoms. The van der Waals surface area contributed by atoms with E-state index in [0.717, 1.165) is 0 Å². The van der Waals surface area contributed by atoms with E-state index < -0.39 is 11.3 Å². The topological polar surface area (TPSA) is 115 Å². The van der Waals surface area contributed by atoms with E-state index in [0.29, 0.717) is 23.7 Å². The number of aromatic nitrogens is 1. The number of para-hydroxylation sites is 1. The first-order chi connectivity index (χ1) is 13.7. The first kappa shape index (κ1) is 19.3. The van der Waals surface area contributed by atoms with E-state index in [-0.39, 0.29) is 47.7 Å². The Balaban J connectivity index is 1.46. The fourth-order valence-corrected chi connectivity index (χ4v) is 4.69. The summed E-state index contributed by atoms with van der Waals surface area (Å²) in [7, 11) is 0. The Morgan fingerprint density at radius 1 is 1.28 bits per heavy atom. The van der Waals surface area contributed by atoms with Gasteiger partial charge in [0.2, 0.25) is 17.7 Å². The predicted octanol–water partition coefficient (Wildman–Crippen LogP) is 3.69. The van der Waals surface area contributed by atoms with Gasteiger partial charge in [0, 0.05) is 24.3 Å². The highest BCUT2D eigenvalue weighted by atomic mass is 16.3. The summed E-state index contributed by atoms with van der Waals surface area (Å²) in [5.41, 5.74) is -0.103. The van der Waals surface area contributed by atoms with Gasteiger partial charge in [0.15, 0.2) is 5.69 Å². The van der Waals surface area contributed by atoms with Crippen LogP contribution in [0.3, 0.4) is 0 Å². The Bertz CT molecular complexity index is 1050. The second-order valence-corrected chi connectivity index (χ2v) is 8.65. The molecule has 4 rings (SSSR count). The standard InChI is InChI=1S/C21H24N4O4/c1-20(2)13-8-10-21(20,3)19(29)25(18(13)28)11-9-15(26)23-24-16-12-6-4-5-7-14(12)22-17(16)27/h4-7,13,22,27H,8-11H2,1-3H3/t13-,21-/m1/s1. The van der Waals surface area contributed by atoms with Gasteiger partial charge in [-0.1, -0.05) is 39.0 Å². The number of amides is 3. The Hall–Kier alpha value is -3.03. The van der Waals surface area contributed by atoms with Crippen molar-refractivity contribution in [1.82, 2.24) is 9.88 Å². The summed E-state index contributed by atoms with van der Waals surface area (Å²) in [5, 5.41) is 18.2. The maximum atomic E-state index is 13.0. The van der Waals surface area contributed by atoms with E-state index in [2.05, 4.69) is 15.2 Å². The van der Waals surface area contributed by atoms with Gasteiger partial charge in [-0.3, -0.25) is 19.3 Å². The first-order valence-corrected chi connectivity index (χ1v) is 9.77. The number of piperidine rings is 1. The van der Waals surface area contributed by atoms with E-state index in [9.17, 15) is 19.5 Å². The lowest BCUT2D eigenvalue weighted by atomic mass is 9.62. The van der Waals surface area contributed by atoms with Gasteiger partial charge in [0.25, 0.3) is 5.91 Å². The minimum Gasteiger partial charge on any atom is -0.493 e. The smallest absolute Gasteiger partial charge is 0.266 e. The lowest BCUT2D eigenvalue weighted by molar-refractivity contribution is -0.167. The molecule has 1 aromatic heterocycles. The molecule has 8 nitrogen and oxygen atoms in total. The number of rotatable bonds is 4. The minimum absolute atomic E-state index is 0.00242.